The number of nitrogens with one attached hydrogen (secondary N) is 1. The van der Waals surface area contributed by atoms with E-state index in [0.717, 1.165) is 6.42 Å². The number of nitrogens with zero attached hydrogens (tertiary/aromatic N) is 1. The average molecular weight is 248 g/mol. The molecule has 0 radical (unpaired) electrons. The third-order valence-electron chi connectivity index (χ3n) is 3.25. The van der Waals surface area contributed by atoms with Gasteiger partial charge < -0.3 is 15.0 Å². The summed E-state index contributed by atoms with van der Waals surface area (Å²) in [4.78, 5) is 14.2. The van der Waals surface area contributed by atoms with Crippen molar-refractivity contribution in [1.29, 1.82) is 0 Å². The second-order valence-electron chi connectivity index (χ2n) is 4.47. The van der Waals surface area contributed by atoms with Crippen LogP contribution in [0.4, 0.5) is 0 Å². The standard InChI is InChI=1S/C14H20N2O2/c1-15-13(11-12-5-3-2-4-6-12)14(17)16-7-9-18-10-8-16/h2-6,13,15H,7-11H2,1H3/t13-/m0/s1. The zero-order chi connectivity index (χ0) is 12.8. The van der Waals surface area contributed by atoms with Crippen molar-refractivity contribution in [2.24, 2.45) is 0 Å². The maximum atomic E-state index is 12.3. The molecule has 4 heteroatoms. The molecule has 1 N–H and O–H groups in total. The molecule has 1 aromatic rings. The first-order valence-corrected chi connectivity index (χ1v) is 6.39. The van der Waals surface area contributed by atoms with Crippen molar-refractivity contribution in [3.05, 3.63) is 35.9 Å². The minimum absolute atomic E-state index is 0.148. The van der Waals surface area contributed by atoms with Crippen molar-refractivity contribution in [3.63, 3.8) is 0 Å². The van der Waals surface area contributed by atoms with Crippen LogP contribution in [0.3, 0.4) is 0 Å². The number of amides is 1. The summed E-state index contributed by atoms with van der Waals surface area (Å²) in [5.41, 5.74) is 1.18. The molecule has 1 aliphatic rings. The topological polar surface area (TPSA) is 41.6 Å². The van der Waals surface area contributed by atoms with Crippen LogP contribution >= 0.6 is 0 Å². The lowest BCUT2D eigenvalue weighted by molar-refractivity contribution is -0.137. The molecular formula is C14H20N2O2. The highest BCUT2D eigenvalue weighted by molar-refractivity contribution is 5.82. The Morgan fingerprint density at radius 1 is 1.33 bits per heavy atom. The van der Waals surface area contributed by atoms with Crippen molar-refractivity contribution >= 4 is 5.91 Å². The van der Waals surface area contributed by atoms with Crippen LogP contribution in [0, 0.1) is 0 Å². The van der Waals surface area contributed by atoms with Crippen LogP contribution in [0.25, 0.3) is 0 Å². The highest BCUT2D eigenvalue weighted by Gasteiger charge is 2.24. The highest BCUT2D eigenvalue weighted by atomic mass is 16.5. The lowest BCUT2D eigenvalue weighted by atomic mass is 10.0. The van der Waals surface area contributed by atoms with Crippen LogP contribution < -0.4 is 5.32 Å². The Morgan fingerprint density at radius 2 is 2.00 bits per heavy atom. The highest BCUT2D eigenvalue weighted by Crippen LogP contribution is 2.07. The Hall–Kier alpha value is -1.39. The third kappa shape index (κ3) is 3.31. The van der Waals surface area contributed by atoms with Crippen LogP contribution in [0.1, 0.15) is 5.56 Å². The normalized spacial score (nSPS) is 17.5. The summed E-state index contributed by atoms with van der Waals surface area (Å²) in [6, 6.07) is 9.95. The molecule has 0 bridgehead atoms. The molecule has 1 heterocycles. The van der Waals surface area contributed by atoms with Crippen LogP contribution in [0.15, 0.2) is 30.3 Å². The molecule has 0 aliphatic carbocycles. The van der Waals surface area contributed by atoms with Crippen LogP contribution in [0.5, 0.6) is 0 Å². The van der Waals surface area contributed by atoms with Crippen molar-refractivity contribution in [2.45, 2.75) is 12.5 Å². The maximum absolute atomic E-state index is 12.3. The second kappa shape index (κ2) is 6.52. The summed E-state index contributed by atoms with van der Waals surface area (Å²) in [7, 11) is 1.84. The summed E-state index contributed by atoms with van der Waals surface area (Å²) < 4.78 is 5.27. The van der Waals surface area contributed by atoms with Gasteiger partial charge in [0, 0.05) is 13.1 Å². The average Bonchev–Trinajstić information content (AvgIpc) is 2.46. The molecule has 0 unspecified atom stereocenters. The molecule has 2 rings (SSSR count). The van der Waals surface area contributed by atoms with Crippen molar-refractivity contribution in [2.75, 3.05) is 33.4 Å². The number of carbonyl (C=O) groups is 1. The first kappa shape index (κ1) is 13.1. The summed E-state index contributed by atoms with van der Waals surface area (Å²) in [5.74, 6) is 0.171. The smallest absolute Gasteiger partial charge is 0.240 e. The Morgan fingerprint density at radius 3 is 2.61 bits per heavy atom. The monoisotopic (exact) mass is 248 g/mol. The Labute approximate surface area is 108 Å². The van der Waals surface area contributed by atoms with Crippen molar-refractivity contribution in [3.8, 4) is 0 Å². The molecule has 18 heavy (non-hydrogen) atoms. The molecule has 1 amide bonds. The quantitative estimate of drug-likeness (QED) is 0.852. The number of likely N-dealkylation sites (N-methyl/N-ethyl adjacent to an activating group) is 1. The predicted octanol–water partition coefficient (Wildman–Crippen LogP) is 0.676. The van der Waals surface area contributed by atoms with Gasteiger partial charge in [-0.2, -0.15) is 0 Å². The van der Waals surface area contributed by atoms with E-state index < -0.39 is 0 Å². The summed E-state index contributed by atoms with van der Waals surface area (Å²) in [5, 5.41) is 3.12. The minimum atomic E-state index is -0.148. The molecular weight excluding hydrogens is 228 g/mol. The number of morpholine rings is 1. The van der Waals surface area contributed by atoms with E-state index in [1.165, 1.54) is 5.56 Å². The molecule has 1 aliphatic heterocycles. The molecule has 4 nitrogen and oxygen atoms in total. The van der Waals surface area contributed by atoms with Gasteiger partial charge >= 0.3 is 0 Å². The van der Waals surface area contributed by atoms with Gasteiger partial charge in [0.2, 0.25) is 5.91 Å². The van der Waals surface area contributed by atoms with Gasteiger partial charge in [-0.15, -0.1) is 0 Å². The summed E-state index contributed by atoms with van der Waals surface area (Å²) in [6.07, 6.45) is 0.730. The molecule has 0 spiro atoms. The van der Waals surface area contributed by atoms with Gasteiger partial charge in [-0.1, -0.05) is 30.3 Å². The fraction of sp³-hybridized carbons (Fsp3) is 0.500. The van der Waals surface area contributed by atoms with Gasteiger partial charge in [0.25, 0.3) is 0 Å². The first-order valence-electron chi connectivity index (χ1n) is 6.39. The largest absolute Gasteiger partial charge is 0.378 e. The summed E-state index contributed by atoms with van der Waals surface area (Å²) >= 11 is 0. The molecule has 0 aromatic heterocycles. The van der Waals surface area contributed by atoms with Crippen LogP contribution in [-0.2, 0) is 16.0 Å². The number of hydrogen-bond acceptors (Lipinski definition) is 3. The fourth-order valence-electron chi connectivity index (χ4n) is 2.17. The molecule has 1 aromatic carbocycles. The predicted molar refractivity (Wildman–Crippen MR) is 70.4 cm³/mol. The number of ether oxygens (including phenoxy) is 1. The van der Waals surface area contributed by atoms with E-state index in [4.69, 9.17) is 4.74 Å². The molecule has 1 saturated heterocycles. The van der Waals surface area contributed by atoms with Gasteiger partial charge in [-0.3, -0.25) is 4.79 Å². The Kier molecular flexibility index (Phi) is 4.73. The SMILES string of the molecule is CN[C@@H](Cc1ccccc1)C(=O)N1CCOCC1. The van der Waals surface area contributed by atoms with Gasteiger partial charge in [0.05, 0.1) is 19.3 Å². The van der Waals surface area contributed by atoms with Crippen LogP contribution in [0.2, 0.25) is 0 Å². The lowest BCUT2D eigenvalue weighted by Crippen LogP contribution is -2.50. The zero-order valence-corrected chi connectivity index (χ0v) is 10.8. The van der Waals surface area contributed by atoms with E-state index in [1.807, 2.05) is 30.1 Å². The fourth-order valence-corrected chi connectivity index (χ4v) is 2.17. The second-order valence-corrected chi connectivity index (χ2v) is 4.47. The summed E-state index contributed by atoms with van der Waals surface area (Å²) in [6.45, 7) is 2.69. The van der Waals surface area contributed by atoms with Gasteiger partial charge in [-0.25, -0.2) is 0 Å². The first-order chi connectivity index (χ1) is 8.81. The van der Waals surface area contributed by atoms with Crippen molar-refractivity contribution in [1.82, 2.24) is 10.2 Å². The Balaban J connectivity index is 1.97. The number of benzene rings is 1. The van der Waals surface area contributed by atoms with E-state index >= 15 is 0 Å². The van der Waals surface area contributed by atoms with Crippen LogP contribution in [-0.4, -0.2) is 50.2 Å². The van der Waals surface area contributed by atoms with E-state index in [2.05, 4.69) is 17.4 Å². The minimum Gasteiger partial charge on any atom is -0.378 e. The third-order valence-corrected chi connectivity index (χ3v) is 3.25. The number of hydrogen-bond donors (Lipinski definition) is 1. The number of rotatable bonds is 4. The van der Waals surface area contributed by atoms with Crippen molar-refractivity contribution < 1.29 is 9.53 Å². The Bertz CT molecular complexity index is 375. The van der Waals surface area contributed by atoms with E-state index in [-0.39, 0.29) is 11.9 Å². The lowest BCUT2D eigenvalue weighted by Gasteiger charge is -2.30. The van der Waals surface area contributed by atoms with Gasteiger partial charge in [-0.05, 0) is 19.0 Å². The van der Waals surface area contributed by atoms with E-state index in [0.29, 0.717) is 26.3 Å². The molecule has 0 saturated carbocycles. The number of carbonyl (C=O) groups excluding carboxylic acids is 1. The van der Waals surface area contributed by atoms with E-state index in [1.54, 1.807) is 0 Å². The van der Waals surface area contributed by atoms with Gasteiger partial charge in [0.1, 0.15) is 0 Å². The molecule has 1 fully saturated rings. The maximum Gasteiger partial charge on any atom is 0.240 e. The molecule has 98 valence electrons. The zero-order valence-electron chi connectivity index (χ0n) is 10.8. The van der Waals surface area contributed by atoms with E-state index in [9.17, 15) is 4.79 Å². The molecule has 1 atom stereocenters. The van der Waals surface area contributed by atoms with Gasteiger partial charge in [0.15, 0.2) is 0 Å².